The van der Waals surface area contributed by atoms with Crippen LogP contribution in [-0.4, -0.2) is 30.6 Å². The van der Waals surface area contributed by atoms with Crippen LogP contribution in [0.3, 0.4) is 0 Å². The first-order valence-corrected chi connectivity index (χ1v) is 7.08. The van der Waals surface area contributed by atoms with E-state index in [1.807, 2.05) is 31.9 Å². The molecule has 1 heterocycles. The number of piperidine rings is 1. The maximum atomic E-state index is 12.1. The van der Waals surface area contributed by atoms with Crippen molar-refractivity contribution in [2.75, 3.05) is 13.6 Å². The van der Waals surface area contributed by atoms with Gasteiger partial charge in [0.05, 0.1) is 6.17 Å². The Kier molecular flexibility index (Phi) is 4.59. The molecule has 0 aliphatic carbocycles. The van der Waals surface area contributed by atoms with Crippen molar-refractivity contribution >= 4 is 5.91 Å². The van der Waals surface area contributed by atoms with E-state index in [-0.39, 0.29) is 18.0 Å². The molecule has 1 aromatic rings. The van der Waals surface area contributed by atoms with Crippen molar-refractivity contribution in [1.29, 1.82) is 0 Å². The third-order valence-electron chi connectivity index (χ3n) is 3.87. The summed E-state index contributed by atoms with van der Waals surface area (Å²) in [6, 6.07) is 10.6. The van der Waals surface area contributed by atoms with Gasteiger partial charge in [0.2, 0.25) is 5.91 Å². The van der Waals surface area contributed by atoms with Gasteiger partial charge in [-0.2, -0.15) is 0 Å². The lowest BCUT2D eigenvalue weighted by Crippen LogP contribution is -2.48. The standard InChI is InChI=1S/C16H23N2O/c1-12(2)16(19)18(3)15-11-14(9-10-17-15)13-7-5-4-6-8-13/h4-8,12,14-15H,9-11H2,1-3H3. The minimum atomic E-state index is 0.0360. The van der Waals surface area contributed by atoms with Gasteiger partial charge in [0.25, 0.3) is 0 Å². The lowest BCUT2D eigenvalue weighted by atomic mass is 9.88. The zero-order chi connectivity index (χ0) is 13.8. The molecule has 0 saturated carbocycles. The quantitative estimate of drug-likeness (QED) is 0.821. The highest BCUT2D eigenvalue weighted by Gasteiger charge is 2.29. The largest absolute Gasteiger partial charge is 0.329 e. The molecule has 1 aromatic carbocycles. The van der Waals surface area contributed by atoms with E-state index >= 15 is 0 Å². The summed E-state index contributed by atoms with van der Waals surface area (Å²) in [5.74, 6) is 0.742. The molecular formula is C16H23N2O. The van der Waals surface area contributed by atoms with Gasteiger partial charge >= 0.3 is 0 Å². The van der Waals surface area contributed by atoms with Crippen LogP contribution in [0.15, 0.2) is 30.3 Å². The molecule has 1 fully saturated rings. The van der Waals surface area contributed by atoms with E-state index in [4.69, 9.17) is 0 Å². The minimum Gasteiger partial charge on any atom is -0.329 e. The highest BCUT2D eigenvalue weighted by Crippen LogP contribution is 2.29. The topological polar surface area (TPSA) is 34.4 Å². The first kappa shape index (κ1) is 14.1. The van der Waals surface area contributed by atoms with Crippen molar-refractivity contribution in [2.24, 2.45) is 5.92 Å². The molecule has 0 aromatic heterocycles. The first-order valence-electron chi connectivity index (χ1n) is 7.08. The van der Waals surface area contributed by atoms with Crippen LogP contribution < -0.4 is 5.32 Å². The fourth-order valence-electron chi connectivity index (χ4n) is 2.69. The van der Waals surface area contributed by atoms with E-state index < -0.39 is 0 Å². The van der Waals surface area contributed by atoms with E-state index in [2.05, 4.69) is 29.6 Å². The predicted molar refractivity (Wildman–Crippen MR) is 76.8 cm³/mol. The molecule has 2 rings (SSSR count). The van der Waals surface area contributed by atoms with E-state index in [9.17, 15) is 4.79 Å². The number of hydrogen-bond acceptors (Lipinski definition) is 1. The average molecular weight is 259 g/mol. The monoisotopic (exact) mass is 259 g/mol. The Morgan fingerprint density at radius 2 is 2.00 bits per heavy atom. The van der Waals surface area contributed by atoms with Gasteiger partial charge in [-0.05, 0) is 24.3 Å². The third-order valence-corrected chi connectivity index (χ3v) is 3.87. The van der Waals surface area contributed by atoms with Crippen molar-refractivity contribution in [1.82, 2.24) is 10.2 Å². The zero-order valence-electron chi connectivity index (χ0n) is 12.0. The van der Waals surface area contributed by atoms with Crippen molar-refractivity contribution in [3.63, 3.8) is 0 Å². The zero-order valence-corrected chi connectivity index (χ0v) is 12.0. The molecule has 3 nitrogen and oxygen atoms in total. The summed E-state index contributed by atoms with van der Waals surface area (Å²) in [5.41, 5.74) is 1.37. The lowest BCUT2D eigenvalue weighted by molar-refractivity contribution is -0.136. The second kappa shape index (κ2) is 6.20. The molecular weight excluding hydrogens is 236 g/mol. The Balaban J connectivity index is 2.03. The Hall–Kier alpha value is -1.35. The second-order valence-corrected chi connectivity index (χ2v) is 5.62. The van der Waals surface area contributed by atoms with Crippen LogP contribution in [0.25, 0.3) is 0 Å². The summed E-state index contributed by atoms with van der Waals surface area (Å²) < 4.78 is 0. The van der Waals surface area contributed by atoms with Crippen molar-refractivity contribution in [2.45, 2.75) is 38.8 Å². The molecule has 1 radical (unpaired) electrons. The highest BCUT2D eigenvalue weighted by atomic mass is 16.2. The molecule has 0 spiro atoms. The van der Waals surface area contributed by atoms with E-state index in [0.29, 0.717) is 5.92 Å². The van der Waals surface area contributed by atoms with Gasteiger partial charge in [0.1, 0.15) is 0 Å². The van der Waals surface area contributed by atoms with Gasteiger partial charge in [0.15, 0.2) is 0 Å². The van der Waals surface area contributed by atoms with Crippen LogP contribution in [0, 0.1) is 5.92 Å². The Bertz CT molecular complexity index is 416. The van der Waals surface area contributed by atoms with Gasteiger partial charge in [-0.15, -0.1) is 0 Å². The number of benzene rings is 1. The number of nitrogens with zero attached hydrogens (tertiary/aromatic N) is 2. The summed E-state index contributed by atoms with van der Waals surface area (Å²) >= 11 is 0. The highest BCUT2D eigenvalue weighted by molar-refractivity contribution is 5.78. The summed E-state index contributed by atoms with van der Waals surface area (Å²) in [7, 11) is 1.88. The number of amides is 1. The van der Waals surface area contributed by atoms with Crippen molar-refractivity contribution < 1.29 is 4.79 Å². The van der Waals surface area contributed by atoms with Crippen molar-refractivity contribution in [3.8, 4) is 0 Å². The molecule has 1 aliphatic heterocycles. The van der Waals surface area contributed by atoms with Crippen LogP contribution in [-0.2, 0) is 4.79 Å². The second-order valence-electron chi connectivity index (χ2n) is 5.62. The maximum Gasteiger partial charge on any atom is 0.226 e. The molecule has 0 bridgehead atoms. The smallest absolute Gasteiger partial charge is 0.226 e. The molecule has 2 unspecified atom stereocenters. The molecule has 3 heteroatoms. The number of carbonyl (C=O) groups excluding carboxylic acids is 1. The normalized spacial score (nSPS) is 23.4. The summed E-state index contributed by atoms with van der Waals surface area (Å²) in [6.45, 7) is 4.73. The predicted octanol–water partition coefficient (Wildman–Crippen LogP) is 2.61. The Labute approximate surface area is 116 Å². The SMILES string of the molecule is CC(C)C(=O)N(C)C1CC(c2ccccc2)CC[N]1. The third kappa shape index (κ3) is 3.35. The van der Waals surface area contributed by atoms with Gasteiger partial charge in [-0.1, -0.05) is 44.2 Å². The Morgan fingerprint density at radius 1 is 1.32 bits per heavy atom. The van der Waals surface area contributed by atoms with Gasteiger partial charge < -0.3 is 4.90 Å². The van der Waals surface area contributed by atoms with E-state index in [0.717, 1.165) is 19.4 Å². The number of rotatable bonds is 3. The fraction of sp³-hybridized carbons (Fsp3) is 0.562. The van der Waals surface area contributed by atoms with Gasteiger partial charge in [-0.3, -0.25) is 4.79 Å². The molecule has 1 saturated heterocycles. The van der Waals surface area contributed by atoms with Gasteiger partial charge in [0, 0.05) is 19.5 Å². The summed E-state index contributed by atoms with van der Waals surface area (Å²) in [5, 5.41) is 4.61. The minimum absolute atomic E-state index is 0.0360. The van der Waals surface area contributed by atoms with Crippen LogP contribution in [0.1, 0.15) is 38.2 Å². The van der Waals surface area contributed by atoms with Crippen LogP contribution in [0.4, 0.5) is 0 Å². The van der Waals surface area contributed by atoms with Crippen molar-refractivity contribution in [3.05, 3.63) is 35.9 Å². The molecule has 1 aliphatic rings. The lowest BCUT2D eigenvalue weighted by Gasteiger charge is -2.36. The molecule has 19 heavy (non-hydrogen) atoms. The first-order chi connectivity index (χ1) is 9.09. The van der Waals surface area contributed by atoms with Crippen LogP contribution in [0.2, 0.25) is 0 Å². The summed E-state index contributed by atoms with van der Waals surface area (Å²) in [6.07, 6.45) is 2.07. The molecule has 0 N–H and O–H groups in total. The number of carbonyl (C=O) groups is 1. The van der Waals surface area contributed by atoms with Gasteiger partial charge in [-0.25, -0.2) is 5.32 Å². The van der Waals surface area contributed by atoms with E-state index in [1.54, 1.807) is 0 Å². The van der Waals surface area contributed by atoms with E-state index in [1.165, 1.54) is 5.56 Å². The van der Waals surface area contributed by atoms with Crippen LogP contribution >= 0.6 is 0 Å². The molecule has 103 valence electrons. The maximum absolute atomic E-state index is 12.1. The fourth-order valence-corrected chi connectivity index (χ4v) is 2.69. The summed E-state index contributed by atoms with van der Waals surface area (Å²) in [4.78, 5) is 13.9. The number of hydrogen-bond donors (Lipinski definition) is 0. The van der Waals surface area contributed by atoms with Crippen LogP contribution in [0.5, 0.6) is 0 Å². The molecule has 2 atom stereocenters. The average Bonchev–Trinajstić information content (AvgIpc) is 2.46. The molecule has 1 amide bonds. The Morgan fingerprint density at radius 3 is 2.63 bits per heavy atom.